The summed E-state index contributed by atoms with van der Waals surface area (Å²) >= 11 is 3.17. The van der Waals surface area contributed by atoms with Crippen molar-refractivity contribution >= 4 is 44.5 Å². The van der Waals surface area contributed by atoms with Gasteiger partial charge in [0.2, 0.25) is 0 Å². The molecule has 4 aromatic rings. The number of fused-ring (bicyclic) bond motifs is 1. The van der Waals surface area contributed by atoms with E-state index in [9.17, 15) is 0 Å². The molecule has 0 amide bonds. The number of nitrogens with zero attached hydrogens (tertiary/aromatic N) is 3. The number of aromatic nitrogens is 4. The van der Waals surface area contributed by atoms with Gasteiger partial charge in [-0.25, -0.2) is 9.97 Å². The minimum atomic E-state index is 0.786. The summed E-state index contributed by atoms with van der Waals surface area (Å²) in [5.41, 5.74) is 2.08. The Morgan fingerprint density at radius 2 is 1.95 bits per heavy atom. The maximum absolute atomic E-state index is 4.34. The molecule has 7 heteroatoms. The molecule has 5 nitrogen and oxygen atoms in total. The summed E-state index contributed by atoms with van der Waals surface area (Å²) in [5, 5.41) is 17.3. The van der Waals surface area contributed by atoms with E-state index in [0.717, 1.165) is 32.4 Å². The molecule has 0 saturated carbocycles. The Kier molecular flexibility index (Phi) is 2.71. The number of hydrogen-bond donors (Lipinski definition) is 2. The second-order valence-electron chi connectivity index (χ2n) is 4.13. The molecule has 0 aliphatic rings. The van der Waals surface area contributed by atoms with Gasteiger partial charge in [0.25, 0.3) is 0 Å². The van der Waals surface area contributed by atoms with Crippen molar-refractivity contribution < 1.29 is 0 Å². The summed E-state index contributed by atoms with van der Waals surface area (Å²) < 4.78 is 0. The van der Waals surface area contributed by atoms with Gasteiger partial charge in [-0.15, -0.1) is 22.7 Å². The van der Waals surface area contributed by atoms with Crippen LogP contribution in [-0.4, -0.2) is 20.2 Å². The minimum Gasteiger partial charge on any atom is -0.314 e. The van der Waals surface area contributed by atoms with Gasteiger partial charge in [-0.05, 0) is 18.2 Å². The zero-order valence-corrected chi connectivity index (χ0v) is 11.8. The van der Waals surface area contributed by atoms with Crippen LogP contribution in [0.1, 0.15) is 0 Å². The van der Waals surface area contributed by atoms with E-state index in [-0.39, 0.29) is 0 Å². The van der Waals surface area contributed by atoms with Crippen molar-refractivity contribution in [3.8, 4) is 10.6 Å². The van der Waals surface area contributed by atoms with Crippen molar-refractivity contribution in [3.05, 3.63) is 41.4 Å². The fourth-order valence-electron chi connectivity index (χ4n) is 1.99. The molecule has 3 heterocycles. The Morgan fingerprint density at radius 3 is 2.75 bits per heavy atom. The lowest BCUT2D eigenvalue weighted by Gasteiger charge is -2.00. The molecule has 0 aliphatic heterocycles. The van der Waals surface area contributed by atoms with Crippen LogP contribution in [0.25, 0.3) is 21.5 Å². The van der Waals surface area contributed by atoms with E-state index >= 15 is 0 Å². The van der Waals surface area contributed by atoms with E-state index in [0.29, 0.717) is 0 Å². The third kappa shape index (κ3) is 1.97. The zero-order chi connectivity index (χ0) is 13.4. The molecule has 0 fully saturated rings. The number of anilines is 2. The maximum Gasteiger partial charge on any atom is 0.188 e. The van der Waals surface area contributed by atoms with Gasteiger partial charge in [0.1, 0.15) is 5.01 Å². The molecular formula is C13H9N5S2. The van der Waals surface area contributed by atoms with Crippen LogP contribution < -0.4 is 5.32 Å². The first-order chi connectivity index (χ1) is 9.90. The SMILES string of the molecule is c1csc(Nc2n[nH]c3ccc(-c4nccs4)cc23)n1. The van der Waals surface area contributed by atoms with Crippen LogP contribution in [0.4, 0.5) is 10.9 Å². The molecule has 98 valence electrons. The molecule has 4 rings (SSSR count). The second-order valence-corrected chi connectivity index (χ2v) is 5.92. The first kappa shape index (κ1) is 11.6. The van der Waals surface area contributed by atoms with Gasteiger partial charge in [0.05, 0.1) is 5.52 Å². The predicted molar refractivity (Wildman–Crippen MR) is 82.6 cm³/mol. The lowest BCUT2D eigenvalue weighted by Crippen LogP contribution is -1.89. The molecule has 0 atom stereocenters. The van der Waals surface area contributed by atoms with Gasteiger partial charge in [-0.3, -0.25) is 5.10 Å². The number of H-pyrrole nitrogens is 1. The lowest BCUT2D eigenvalue weighted by atomic mass is 10.1. The molecule has 0 spiro atoms. The molecule has 1 aromatic carbocycles. The van der Waals surface area contributed by atoms with E-state index in [1.165, 1.54) is 0 Å². The number of aromatic amines is 1. The standard InChI is InChI=1S/C13H9N5S2/c1-2-10-9(7-8(1)12-14-3-5-19-12)11(18-17-10)16-13-15-4-6-20-13/h1-7H,(H2,15,16,17,18). The number of benzene rings is 1. The average Bonchev–Trinajstić information content (AvgIpc) is 3.20. The normalized spacial score (nSPS) is 11.0. The van der Waals surface area contributed by atoms with Gasteiger partial charge < -0.3 is 5.32 Å². The van der Waals surface area contributed by atoms with Crippen molar-refractivity contribution in [2.45, 2.75) is 0 Å². The van der Waals surface area contributed by atoms with Crippen molar-refractivity contribution in [2.24, 2.45) is 0 Å². The molecule has 0 unspecified atom stereocenters. The highest BCUT2D eigenvalue weighted by atomic mass is 32.1. The first-order valence-corrected chi connectivity index (χ1v) is 7.70. The highest BCUT2D eigenvalue weighted by Crippen LogP contribution is 2.30. The molecular weight excluding hydrogens is 290 g/mol. The summed E-state index contributed by atoms with van der Waals surface area (Å²) in [6.45, 7) is 0. The summed E-state index contributed by atoms with van der Waals surface area (Å²) in [6.07, 6.45) is 3.58. The summed E-state index contributed by atoms with van der Waals surface area (Å²) in [4.78, 5) is 8.55. The fraction of sp³-hybridized carbons (Fsp3) is 0. The monoisotopic (exact) mass is 299 g/mol. The van der Waals surface area contributed by atoms with E-state index in [2.05, 4.69) is 31.5 Å². The van der Waals surface area contributed by atoms with Gasteiger partial charge in [0, 0.05) is 34.1 Å². The number of thiazole rings is 2. The van der Waals surface area contributed by atoms with Crippen molar-refractivity contribution in [3.63, 3.8) is 0 Å². The van der Waals surface area contributed by atoms with Gasteiger partial charge in [-0.2, -0.15) is 5.10 Å². The Labute approximate surface area is 122 Å². The smallest absolute Gasteiger partial charge is 0.188 e. The second kappa shape index (κ2) is 4.69. The third-order valence-corrected chi connectivity index (χ3v) is 4.41. The predicted octanol–water partition coefficient (Wildman–Crippen LogP) is 3.89. The van der Waals surface area contributed by atoms with E-state index in [1.807, 2.05) is 29.1 Å². The van der Waals surface area contributed by atoms with Crippen molar-refractivity contribution in [1.29, 1.82) is 0 Å². The molecule has 20 heavy (non-hydrogen) atoms. The van der Waals surface area contributed by atoms with Crippen LogP contribution in [0, 0.1) is 0 Å². The van der Waals surface area contributed by atoms with Crippen LogP contribution >= 0.6 is 22.7 Å². The van der Waals surface area contributed by atoms with Crippen molar-refractivity contribution in [1.82, 2.24) is 20.2 Å². The van der Waals surface area contributed by atoms with Gasteiger partial charge >= 0.3 is 0 Å². The third-order valence-electron chi connectivity index (χ3n) is 2.90. The highest BCUT2D eigenvalue weighted by Gasteiger charge is 2.09. The molecule has 0 aliphatic carbocycles. The summed E-state index contributed by atoms with van der Waals surface area (Å²) in [7, 11) is 0. The average molecular weight is 299 g/mol. The molecule has 0 radical (unpaired) electrons. The minimum absolute atomic E-state index is 0.786. The van der Waals surface area contributed by atoms with Crippen molar-refractivity contribution in [2.75, 3.05) is 5.32 Å². The molecule has 0 saturated heterocycles. The molecule has 2 N–H and O–H groups in total. The Hall–Kier alpha value is -2.25. The van der Waals surface area contributed by atoms with Gasteiger partial charge in [-0.1, -0.05) is 0 Å². The largest absolute Gasteiger partial charge is 0.314 e. The van der Waals surface area contributed by atoms with Gasteiger partial charge in [0.15, 0.2) is 10.9 Å². The fourth-order valence-corrected chi connectivity index (χ4v) is 3.16. The van der Waals surface area contributed by atoms with Crippen LogP contribution in [0.5, 0.6) is 0 Å². The van der Waals surface area contributed by atoms with Crippen LogP contribution in [0.2, 0.25) is 0 Å². The number of hydrogen-bond acceptors (Lipinski definition) is 6. The Balaban J connectivity index is 1.80. The highest BCUT2D eigenvalue weighted by molar-refractivity contribution is 7.13. The zero-order valence-electron chi connectivity index (χ0n) is 10.2. The topological polar surface area (TPSA) is 66.5 Å². The lowest BCUT2D eigenvalue weighted by molar-refractivity contribution is 1.12. The molecule has 3 aromatic heterocycles. The first-order valence-electron chi connectivity index (χ1n) is 5.95. The van der Waals surface area contributed by atoms with Crippen LogP contribution in [0.3, 0.4) is 0 Å². The number of rotatable bonds is 3. The van der Waals surface area contributed by atoms with Crippen LogP contribution in [0.15, 0.2) is 41.4 Å². The Bertz CT molecular complexity index is 833. The number of nitrogens with one attached hydrogen (secondary N) is 2. The summed E-state index contributed by atoms with van der Waals surface area (Å²) in [6, 6.07) is 6.16. The summed E-state index contributed by atoms with van der Waals surface area (Å²) in [5.74, 6) is 0.786. The Morgan fingerprint density at radius 1 is 1.05 bits per heavy atom. The van der Waals surface area contributed by atoms with E-state index in [1.54, 1.807) is 28.9 Å². The maximum atomic E-state index is 4.34. The quantitative estimate of drug-likeness (QED) is 0.602. The van der Waals surface area contributed by atoms with E-state index in [4.69, 9.17) is 0 Å². The van der Waals surface area contributed by atoms with E-state index < -0.39 is 0 Å². The molecule has 0 bridgehead atoms. The van der Waals surface area contributed by atoms with Crippen LogP contribution in [-0.2, 0) is 0 Å².